The first-order valence-electron chi connectivity index (χ1n) is 10.1. The van der Waals surface area contributed by atoms with Crippen LogP contribution in [0.4, 0.5) is 0 Å². The fourth-order valence-corrected chi connectivity index (χ4v) is 2.81. The molecule has 3 N–H and O–H groups in total. The molecule has 0 saturated heterocycles. The molecule has 7 nitrogen and oxygen atoms in total. The Labute approximate surface area is 207 Å². The summed E-state index contributed by atoms with van der Waals surface area (Å²) in [6.45, 7) is 5.42. The third-order valence-electron chi connectivity index (χ3n) is 4.29. The van der Waals surface area contributed by atoms with E-state index in [-0.39, 0.29) is 29.9 Å². The molecular formula is C22H32ClIN6O. The molecule has 0 aliphatic heterocycles. The molecule has 1 heterocycles. The predicted molar refractivity (Wildman–Crippen MR) is 139 cm³/mol. The zero-order chi connectivity index (χ0) is 21.8. The highest BCUT2D eigenvalue weighted by Gasteiger charge is 2.06. The summed E-state index contributed by atoms with van der Waals surface area (Å²) >= 11 is 5.82. The smallest absolute Gasteiger partial charge is 0.251 e. The maximum atomic E-state index is 12.3. The lowest BCUT2D eigenvalue weighted by Crippen LogP contribution is -2.38. The van der Waals surface area contributed by atoms with Crippen molar-refractivity contribution in [3.05, 3.63) is 64.4 Å². The van der Waals surface area contributed by atoms with E-state index >= 15 is 0 Å². The van der Waals surface area contributed by atoms with E-state index in [2.05, 4.69) is 25.9 Å². The Morgan fingerprint density at radius 3 is 2.58 bits per heavy atom. The van der Waals surface area contributed by atoms with Crippen molar-refractivity contribution < 1.29 is 4.79 Å². The van der Waals surface area contributed by atoms with E-state index in [1.54, 1.807) is 12.3 Å². The molecule has 0 saturated carbocycles. The summed E-state index contributed by atoms with van der Waals surface area (Å²) in [6.07, 6.45) is 2.60. The van der Waals surface area contributed by atoms with E-state index in [9.17, 15) is 4.79 Å². The molecule has 0 bridgehead atoms. The molecule has 2 rings (SSSR count). The minimum absolute atomic E-state index is 0. The van der Waals surface area contributed by atoms with Crippen LogP contribution in [0.2, 0.25) is 5.15 Å². The lowest BCUT2D eigenvalue weighted by atomic mass is 10.1. The quantitative estimate of drug-likeness (QED) is 0.181. The Kier molecular flexibility index (Phi) is 13.1. The highest BCUT2D eigenvalue weighted by atomic mass is 127. The van der Waals surface area contributed by atoms with Gasteiger partial charge >= 0.3 is 0 Å². The first kappa shape index (κ1) is 27.1. The molecular weight excluding hydrogens is 527 g/mol. The SMILES string of the molecule is CCNC(=NCc1cccc(C(=O)NCCN(C)C)c1)NCCc1ccc(Cl)nc1.I. The van der Waals surface area contributed by atoms with Crippen LogP contribution in [-0.2, 0) is 13.0 Å². The van der Waals surface area contributed by atoms with Gasteiger partial charge in [-0.05, 0) is 56.8 Å². The molecule has 1 amide bonds. The van der Waals surface area contributed by atoms with E-state index in [0.29, 0.717) is 23.8 Å². The van der Waals surface area contributed by atoms with E-state index < -0.39 is 0 Å². The number of carbonyl (C=O) groups excluding carboxylic acids is 1. The molecule has 31 heavy (non-hydrogen) atoms. The third-order valence-corrected chi connectivity index (χ3v) is 4.52. The fraction of sp³-hybridized carbons (Fsp3) is 0.409. The van der Waals surface area contributed by atoms with Crippen LogP contribution >= 0.6 is 35.6 Å². The summed E-state index contributed by atoms with van der Waals surface area (Å²) in [5.41, 5.74) is 2.74. The maximum absolute atomic E-state index is 12.3. The molecule has 1 aromatic heterocycles. The monoisotopic (exact) mass is 558 g/mol. The summed E-state index contributed by atoms with van der Waals surface area (Å²) in [7, 11) is 3.96. The zero-order valence-corrected chi connectivity index (χ0v) is 21.4. The Balaban J connectivity index is 0.00000480. The molecule has 170 valence electrons. The fourth-order valence-electron chi connectivity index (χ4n) is 2.70. The highest BCUT2D eigenvalue weighted by Crippen LogP contribution is 2.07. The van der Waals surface area contributed by atoms with Gasteiger partial charge in [-0.25, -0.2) is 9.98 Å². The molecule has 0 atom stereocenters. The Morgan fingerprint density at radius 1 is 1.10 bits per heavy atom. The van der Waals surface area contributed by atoms with Gasteiger partial charge in [0.1, 0.15) is 5.15 Å². The summed E-state index contributed by atoms with van der Waals surface area (Å²) in [4.78, 5) is 23.1. The number of nitrogens with one attached hydrogen (secondary N) is 3. The molecule has 0 aliphatic carbocycles. The minimum atomic E-state index is -0.0655. The van der Waals surface area contributed by atoms with Gasteiger partial charge in [0.15, 0.2) is 5.96 Å². The number of benzene rings is 1. The summed E-state index contributed by atoms with van der Waals surface area (Å²) in [6, 6.07) is 11.3. The van der Waals surface area contributed by atoms with Gasteiger partial charge < -0.3 is 20.9 Å². The van der Waals surface area contributed by atoms with Crippen LogP contribution < -0.4 is 16.0 Å². The van der Waals surface area contributed by atoms with Gasteiger partial charge in [0.05, 0.1) is 6.54 Å². The van der Waals surface area contributed by atoms with Gasteiger partial charge in [0.2, 0.25) is 0 Å². The Morgan fingerprint density at radius 2 is 1.90 bits per heavy atom. The van der Waals surface area contributed by atoms with Crippen molar-refractivity contribution in [1.29, 1.82) is 0 Å². The van der Waals surface area contributed by atoms with Gasteiger partial charge in [-0.15, -0.1) is 24.0 Å². The van der Waals surface area contributed by atoms with Gasteiger partial charge in [-0.1, -0.05) is 29.8 Å². The number of aromatic nitrogens is 1. The lowest BCUT2D eigenvalue weighted by Gasteiger charge is -2.12. The number of hydrogen-bond donors (Lipinski definition) is 3. The first-order valence-corrected chi connectivity index (χ1v) is 10.5. The second kappa shape index (κ2) is 15.0. The van der Waals surface area contributed by atoms with Crippen LogP contribution in [0.3, 0.4) is 0 Å². The number of carbonyl (C=O) groups is 1. The van der Waals surface area contributed by atoms with E-state index in [1.807, 2.05) is 56.3 Å². The number of hydrogen-bond acceptors (Lipinski definition) is 4. The molecule has 1 aromatic carbocycles. The number of rotatable bonds is 10. The average Bonchev–Trinajstić information content (AvgIpc) is 2.73. The molecule has 0 unspecified atom stereocenters. The molecule has 2 aromatic rings. The van der Waals surface area contributed by atoms with Crippen LogP contribution in [0.15, 0.2) is 47.6 Å². The number of nitrogens with zero attached hydrogens (tertiary/aromatic N) is 3. The predicted octanol–water partition coefficient (Wildman–Crippen LogP) is 2.94. The average molecular weight is 559 g/mol. The molecule has 0 fully saturated rings. The molecule has 0 radical (unpaired) electrons. The Hall–Kier alpha value is -1.91. The highest BCUT2D eigenvalue weighted by molar-refractivity contribution is 14.0. The normalized spacial score (nSPS) is 11.1. The van der Waals surface area contributed by atoms with Crippen molar-refractivity contribution in [3.8, 4) is 0 Å². The molecule has 0 aliphatic rings. The number of halogens is 2. The number of pyridine rings is 1. The lowest BCUT2D eigenvalue weighted by molar-refractivity contribution is 0.0951. The molecule has 0 spiro atoms. The van der Waals surface area contributed by atoms with Crippen LogP contribution in [0.5, 0.6) is 0 Å². The minimum Gasteiger partial charge on any atom is -0.357 e. The van der Waals surface area contributed by atoms with Crippen LogP contribution in [-0.4, -0.2) is 62.0 Å². The largest absolute Gasteiger partial charge is 0.357 e. The first-order chi connectivity index (χ1) is 14.5. The summed E-state index contributed by atoms with van der Waals surface area (Å²) < 4.78 is 0. The van der Waals surface area contributed by atoms with Crippen molar-refractivity contribution in [2.24, 2.45) is 4.99 Å². The number of aliphatic imine (C=N–C) groups is 1. The summed E-state index contributed by atoms with van der Waals surface area (Å²) in [5.74, 6) is 0.671. The standard InChI is InChI=1S/C22H31ClN6O.HI/c1-4-24-22(26-11-10-17-8-9-20(23)27-15-17)28-16-18-6-5-7-19(14-18)21(30)25-12-13-29(2)3;/h5-9,14-15H,4,10-13,16H2,1-3H3,(H,25,30)(H2,24,26,28);1H. The van der Waals surface area contributed by atoms with Gasteiger partial charge in [-0.2, -0.15) is 0 Å². The number of guanidine groups is 1. The molecule has 9 heteroatoms. The van der Waals surface area contributed by atoms with E-state index in [1.165, 1.54) is 0 Å². The topological polar surface area (TPSA) is 81.7 Å². The second-order valence-corrected chi connectivity index (χ2v) is 7.51. The van der Waals surface area contributed by atoms with Gasteiger partial charge in [0, 0.05) is 37.9 Å². The van der Waals surface area contributed by atoms with Crippen LogP contribution in [0.25, 0.3) is 0 Å². The van der Waals surface area contributed by atoms with Crippen molar-refractivity contribution in [2.45, 2.75) is 19.9 Å². The second-order valence-electron chi connectivity index (χ2n) is 7.12. The Bertz CT molecular complexity index is 829. The van der Waals surface area contributed by atoms with Crippen LogP contribution in [0, 0.1) is 0 Å². The van der Waals surface area contributed by atoms with E-state index in [4.69, 9.17) is 11.6 Å². The van der Waals surface area contributed by atoms with Crippen molar-refractivity contribution in [3.63, 3.8) is 0 Å². The van der Waals surface area contributed by atoms with Gasteiger partial charge in [0.25, 0.3) is 5.91 Å². The van der Waals surface area contributed by atoms with Crippen molar-refractivity contribution in [1.82, 2.24) is 25.8 Å². The summed E-state index contributed by atoms with van der Waals surface area (Å²) in [5, 5.41) is 10.00. The maximum Gasteiger partial charge on any atom is 0.251 e. The van der Waals surface area contributed by atoms with Crippen molar-refractivity contribution in [2.75, 3.05) is 40.3 Å². The van der Waals surface area contributed by atoms with Crippen LogP contribution in [0.1, 0.15) is 28.4 Å². The van der Waals surface area contributed by atoms with Gasteiger partial charge in [-0.3, -0.25) is 4.79 Å². The third kappa shape index (κ3) is 10.8. The van der Waals surface area contributed by atoms with Crippen molar-refractivity contribution >= 4 is 47.4 Å². The number of likely N-dealkylation sites (N-methyl/N-ethyl adjacent to an activating group) is 1. The number of amides is 1. The zero-order valence-electron chi connectivity index (χ0n) is 18.3. The van der Waals surface area contributed by atoms with E-state index in [0.717, 1.165) is 43.1 Å².